The summed E-state index contributed by atoms with van der Waals surface area (Å²) >= 11 is 0. The van der Waals surface area contributed by atoms with Crippen LogP contribution in [-0.2, 0) is 20.9 Å². The van der Waals surface area contributed by atoms with Crippen molar-refractivity contribution in [3.8, 4) is 0 Å². The summed E-state index contributed by atoms with van der Waals surface area (Å²) in [6.45, 7) is 4.52. The van der Waals surface area contributed by atoms with E-state index in [1.54, 1.807) is 0 Å². The number of piperidine rings is 1. The van der Waals surface area contributed by atoms with Crippen molar-refractivity contribution in [3.05, 3.63) is 29.8 Å². The summed E-state index contributed by atoms with van der Waals surface area (Å²) in [4.78, 5) is 25.4. The number of carbonyl (C=O) groups is 2. The molecule has 7 nitrogen and oxygen atoms in total. The number of hydrogen-bond acceptors (Lipinski definition) is 5. The molecule has 0 radical (unpaired) electrons. The number of ether oxygens (including phenoxy) is 1. The van der Waals surface area contributed by atoms with Crippen molar-refractivity contribution in [2.24, 2.45) is 0 Å². The topological polar surface area (TPSA) is 90.9 Å². The second-order valence-corrected chi connectivity index (χ2v) is 7.50. The number of aliphatic hydroxyl groups is 1. The van der Waals surface area contributed by atoms with Crippen molar-refractivity contribution in [2.45, 2.75) is 50.9 Å². The van der Waals surface area contributed by atoms with E-state index >= 15 is 0 Å². The lowest BCUT2D eigenvalue weighted by molar-refractivity contribution is -0.177. The van der Waals surface area contributed by atoms with Crippen LogP contribution in [0.3, 0.4) is 0 Å². The molecule has 3 N–H and O–H groups in total. The van der Waals surface area contributed by atoms with Crippen LogP contribution in [0.4, 0.5) is 5.69 Å². The Kier molecular flexibility index (Phi) is 6.46. The molecular weight excluding hydrogens is 346 g/mol. The Labute approximate surface area is 160 Å². The van der Waals surface area contributed by atoms with Crippen LogP contribution in [0.1, 0.15) is 38.2 Å². The predicted octanol–water partition coefficient (Wildman–Crippen LogP) is 1.27. The number of anilines is 1. The summed E-state index contributed by atoms with van der Waals surface area (Å²) in [5.41, 5.74) is 1.32. The maximum atomic E-state index is 12.2. The molecule has 0 saturated carbocycles. The Balaban J connectivity index is 1.40. The fourth-order valence-corrected chi connectivity index (χ4v) is 3.85. The smallest absolute Gasteiger partial charge is 0.234 e. The average Bonchev–Trinajstić information content (AvgIpc) is 2.65. The Morgan fingerprint density at radius 1 is 1.26 bits per heavy atom. The minimum Gasteiger partial charge on any atom is -0.390 e. The van der Waals surface area contributed by atoms with E-state index in [1.807, 2.05) is 24.3 Å². The van der Waals surface area contributed by atoms with Gasteiger partial charge in [0.05, 0.1) is 18.2 Å². The van der Waals surface area contributed by atoms with Gasteiger partial charge in [-0.05, 0) is 43.4 Å². The number of nitrogens with zero attached hydrogens (tertiary/aromatic N) is 1. The number of benzene rings is 1. The molecule has 2 fully saturated rings. The van der Waals surface area contributed by atoms with Gasteiger partial charge in [0.1, 0.15) is 0 Å². The van der Waals surface area contributed by atoms with Gasteiger partial charge in [0.2, 0.25) is 11.8 Å². The molecule has 148 valence electrons. The normalized spacial score (nSPS) is 22.4. The molecule has 2 aliphatic rings. The van der Waals surface area contributed by atoms with Gasteiger partial charge in [-0.2, -0.15) is 0 Å². The van der Waals surface area contributed by atoms with Crippen LogP contribution in [0.2, 0.25) is 0 Å². The minimum atomic E-state index is -0.402. The molecule has 2 saturated heterocycles. The summed E-state index contributed by atoms with van der Waals surface area (Å²) in [6.07, 6.45) is 2.88. The Hall–Kier alpha value is -1.96. The monoisotopic (exact) mass is 375 g/mol. The number of nitrogens with one attached hydrogen (secondary N) is 2. The van der Waals surface area contributed by atoms with E-state index < -0.39 is 5.60 Å². The largest absolute Gasteiger partial charge is 0.390 e. The first-order valence-electron chi connectivity index (χ1n) is 9.64. The lowest BCUT2D eigenvalue weighted by Gasteiger charge is -2.46. The van der Waals surface area contributed by atoms with Crippen molar-refractivity contribution >= 4 is 17.5 Å². The van der Waals surface area contributed by atoms with Crippen molar-refractivity contribution in [1.29, 1.82) is 0 Å². The van der Waals surface area contributed by atoms with Gasteiger partial charge in [-0.1, -0.05) is 12.1 Å². The van der Waals surface area contributed by atoms with Crippen LogP contribution >= 0.6 is 0 Å². The van der Waals surface area contributed by atoms with Gasteiger partial charge >= 0.3 is 0 Å². The van der Waals surface area contributed by atoms with E-state index in [0.29, 0.717) is 13.1 Å². The number of aliphatic hydroxyl groups excluding tert-OH is 1. The van der Waals surface area contributed by atoms with E-state index in [-0.39, 0.29) is 17.9 Å². The first-order chi connectivity index (χ1) is 13.0. The first-order valence-corrected chi connectivity index (χ1v) is 9.64. The zero-order valence-corrected chi connectivity index (χ0v) is 15.9. The molecule has 27 heavy (non-hydrogen) atoms. The molecule has 0 aliphatic carbocycles. The lowest BCUT2D eigenvalue weighted by atomic mass is 9.82. The highest BCUT2D eigenvalue weighted by Crippen LogP contribution is 2.35. The SMILES string of the molecule is CC(=O)Nc1ccc(CNC(=O)CN2CCC3(CC2)OCCC[C@@H]3O)cc1. The Morgan fingerprint density at radius 2 is 1.96 bits per heavy atom. The Bertz CT molecular complexity index is 654. The average molecular weight is 375 g/mol. The molecule has 2 aliphatic heterocycles. The second-order valence-electron chi connectivity index (χ2n) is 7.50. The van der Waals surface area contributed by atoms with Crippen molar-refractivity contribution < 1.29 is 19.4 Å². The maximum Gasteiger partial charge on any atom is 0.234 e. The van der Waals surface area contributed by atoms with E-state index in [9.17, 15) is 14.7 Å². The van der Waals surface area contributed by atoms with Crippen LogP contribution in [0, 0.1) is 0 Å². The van der Waals surface area contributed by atoms with Gasteiger partial charge < -0.3 is 20.5 Å². The second kappa shape index (κ2) is 8.82. The van der Waals surface area contributed by atoms with Crippen LogP contribution < -0.4 is 10.6 Å². The summed E-state index contributed by atoms with van der Waals surface area (Å²) in [5.74, 6) is -0.118. The van der Waals surface area contributed by atoms with E-state index in [2.05, 4.69) is 15.5 Å². The van der Waals surface area contributed by atoms with Crippen molar-refractivity contribution in [1.82, 2.24) is 10.2 Å². The van der Waals surface area contributed by atoms with Gasteiger partial charge in [0.25, 0.3) is 0 Å². The van der Waals surface area contributed by atoms with Crippen molar-refractivity contribution in [2.75, 3.05) is 31.6 Å². The number of rotatable bonds is 5. The van der Waals surface area contributed by atoms with Crippen LogP contribution in [-0.4, -0.2) is 59.8 Å². The number of amides is 2. The molecule has 2 amide bonds. The van der Waals surface area contributed by atoms with Crippen molar-refractivity contribution in [3.63, 3.8) is 0 Å². The summed E-state index contributed by atoms with van der Waals surface area (Å²) in [6, 6.07) is 7.42. The molecule has 3 rings (SSSR count). The molecular formula is C20H29N3O4. The molecule has 0 bridgehead atoms. The predicted molar refractivity (Wildman–Crippen MR) is 102 cm³/mol. The molecule has 1 spiro atoms. The fraction of sp³-hybridized carbons (Fsp3) is 0.600. The quantitative estimate of drug-likeness (QED) is 0.721. The van der Waals surface area contributed by atoms with Gasteiger partial charge in [-0.3, -0.25) is 14.5 Å². The Morgan fingerprint density at radius 3 is 2.59 bits per heavy atom. The third-order valence-corrected chi connectivity index (χ3v) is 5.45. The summed E-state index contributed by atoms with van der Waals surface area (Å²) in [5, 5.41) is 15.9. The van der Waals surface area contributed by atoms with Crippen LogP contribution in [0.25, 0.3) is 0 Å². The third-order valence-electron chi connectivity index (χ3n) is 5.45. The first kappa shape index (κ1) is 19.8. The van der Waals surface area contributed by atoms with E-state index in [0.717, 1.165) is 56.6 Å². The maximum absolute atomic E-state index is 12.2. The zero-order valence-electron chi connectivity index (χ0n) is 15.9. The van der Waals surface area contributed by atoms with Crippen LogP contribution in [0.15, 0.2) is 24.3 Å². The third kappa shape index (κ3) is 5.28. The standard InChI is InChI=1S/C20H29N3O4/c1-15(24)22-17-6-4-16(5-7-17)13-21-19(26)14-23-10-8-20(9-11-23)18(25)3-2-12-27-20/h4-7,18,25H,2-3,8-14H2,1H3,(H,21,26)(H,22,24)/t18-/m0/s1. The number of likely N-dealkylation sites (tertiary alicyclic amines) is 1. The molecule has 7 heteroatoms. The molecule has 0 unspecified atom stereocenters. The highest BCUT2D eigenvalue weighted by Gasteiger charge is 2.43. The van der Waals surface area contributed by atoms with Gasteiger partial charge in [0.15, 0.2) is 0 Å². The zero-order chi connectivity index (χ0) is 19.3. The molecule has 2 heterocycles. The minimum absolute atomic E-state index is 0.0120. The van der Waals surface area contributed by atoms with Gasteiger partial charge in [-0.25, -0.2) is 0 Å². The number of hydrogen-bond donors (Lipinski definition) is 3. The van der Waals surface area contributed by atoms with E-state index in [1.165, 1.54) is 6.92 Å². The fourth-order valence-electron chi connectivity index (χ4n) is 3.85. The highest BCUT2D eigenvalue weighted by molar-refractivity contribution is 5.88. The number of carbonyl (C=O) groups excluding carboxylic acids is 2. The van der Waals surface area contributed by atoms with E-state index in [4.69, 9.17) is 4.74 Å². The van der Waals surface area contributed by atoms with Gasteiger partial charge in [-0.15, -0.1) is 0 Å². The molecule has 0 aromatic heterocycles. The highest BCUT2D eigenvalue weighted by atomic mass is 16.5. The molecule has 1 aromatic rings. The van der Waals surface area contributed by atoms with Crippen LogP contribution in [0.5, 0.6) is 0 Å². The van der Waals surface area contributed by atoms with Gasteiger partial charge in [0, 0.05) is 38.9 Å². The lowest BCUT2D eigenvalue weighted by Crippen LogP contribution is -2.56. The summed E-state index contributed by atoms with van der Waals surface area (Å²) in [7, 11) is 0. The molecule has 1 atom stereocenters. The molecule has 1 aromatic carbocycles. The summed E-state index contributed by atoms with van der Waals surface area (Å²) < 4.78 is 5.91.